The van der Waals surface area contributed by atoms with E-state index < -0.39 is 5.60 Å². The summed E-state index contributed by atoms with van der Waals surface area (Å²) in [5.41, 5.74) is 8.06. The van der Waals surface area contributed by atoms with Crippen molar-refractivity contribution in [1.29, 1.82) is 0 Å². The van der Waals surface area contributed by atoms with Gasteiger partial charge in [0.2, 0.25) is 5.95 Å². The number of aryl methyl sites for hydroxylation is 1. The highest BCUT2D eigenvalue weighted by Gasteiger charge is 2.35. The molecule has 1 aromatic heterocycles. The fourth-order valence-electron chi connectivity index (χ4n) is 3.95. The molecule has 1 atom stereocenters. The maximum absolute atomic E-state index is 12.5. The molecule has 1 saturated heterocycles. The van der Waals surface area contributed by atoms with Gasteiger partial charge in [-0.3, -0.25) is 0 Å². The molecule has 0 spiro atoms. The maximum Gasteiger partial charge on any atom is 0.410 e. The lowest BCUT2D eigenvalue weighted by Crippen LogP contribution is -2.55. The fraction of sp³-hybridized carbons (Fsp3) is 0.750. The van der Waals surface area contributed by atoms with Crippen molar-refractivity contribution in [3.05, 3.63) is 11.3 Å². The summed E-state index contributed by atoms with van der Waals surface area (Å²) >= 11 is 0. The number of carbonyl (C=O) groups is 1. The molecule has 1 aliphatic carbocycles. The smallest absolute Gasteiger partial charge is 0.410 e. The Kier molecular flexibility index (Phi) is 4.99. The van der Waals surface area contributed by atoms with E-state index in [1.54, 1.807) is 0 Å². The van der Waals surface area contributed by atoms with Crippen LogP contribution in [0.4, 0.5) is 16.6 Å². The first-order chi connectivity index (χ1) is 12.5. The van der Waals surface area contributed by atoms with Crippen LogP contribution in [-0.4, -0.2) is 52.2 Å². The monoisotopic (exact) mass is 375 g/mol. The second-order valence-corrected chi connectivity index (χ2v) is 9.64. The second kappa shape index (κ2) is 6.84. The van der Waals surface area contributed by atoms with Gasteiger partial charge in [0.15, 0.2) is 0 Å². The standard InChI is InChI=1S/C20H33N5O2/c1-13-12-24(9-10-25(13)18(26)27-19(2,3)4)16-14-11-20(5,6)8-7-15(14)22-17(21)23-16/h13H,7-12H2,1-6H3,(H2,21,22,23). The largest absolute Gasteiger partial charge is 0.444 e. The third-order valence-electron chi connectivity index (χ3n) is 5.34. The van der Waals surface area contributed by atoms with E-state index in [0.29, 0.717) is 25.6 Å². The lowest BCUT2D eigenvalue weighted by molar-refractivity contribution is 0.0158. The molecule has 0 saturated carbocycles. The second-order valence-electron chi connectivity index (χ2n) is 9.64. The van der Waals surface area contributed by atoms with Crippen LogP contribution in [0, 0.1) is 5.41 Å². The first-order valence-corrected chi connectivity index (χ1v) is 9.85. The van der Waals surface area contributed by atoms with Gasteiger partial charge in [0.05, 0.1) is 5.69 Å². The minimum Gasteiger partial charge on any atom is -0.444 e. The van der Waals surface area contributed by atoms with Crippen molar-refractivity contribution in [2.24, 2.45) is 5.41 Å². The highest BCUT2D eigenvalue weighted by Crippen LogP contribution is 2.38. The van der Waals surface area contributed by atoms with Gasteiger partial charge in [-0.15, -0.1) is 0 Å². The zero-order valence-corrected chi connectivity index (χ0v) is 17.5. The Hall–Kier alpha value is -2.05. The number of fused-ring (bicyclic) bond motifs is 1. The fourth-order valence-corrected chi connectivity index (χ4v) is 3.95. The van der Waals surface area contributed by atoms with Crippen LogP contribution in [0.1, 0.15) is 59.2 Å². The van der Waals surface area contributed by atoms with E-state index in [0.717, 1.165) is 30.8 Å². The SMILES string of the molecule is CC1CN(c2nc(N)nc3c2CC(C)(C)CC3)CCN1C(=O)OC(C)(C)C. The van der Waals surface area contributed by atoms with E-state index in [-0.39, 0.29) is 17.6 Å². The highest BCUT2D eigenvalue weighted by molar-refractivity contribution is 5.69. The Balaban J connectivity index is 1.80. The Morgan fingerprint density at radius 2 is 1.96 bits per heavy atom. The van der Waals surface area contributed by atoms with Gasteiger partial charge in [0.1, 0.15) is 11.4 Å². The average Bonchev–Trinajstić information content (AvgIpc) is 2.52. The topological polar surface area (TPSA) is 84.6 Å². The summed E-state index contributed by atoms with van der Waals surface area (Å²) in [6, 6.07) is 0.0389. The minimum absolute atomic E-state index is 0.0389. The molecule has 0 radical (unpaired) electrons. The van der Waals surface area contributed by atoms with Gasteiger partial charge in [0.25, 0.3) is 0 Å². The number of piperazine rings is 1. The van der Waals surface area contributed by atoms with E-state index in [1.807, 2.05) is 25.7 Å². The first-order valence-electron chi connectivity index (χ1n) is 9.85. The quantitative estimate of drug-likeness (QED) is 0.812. The molecular formula is C20H33N5O2. The summed E-state index contributed by atoms with van der Waals surface area (Å²) in [5.74, 6) is 1.28. The van der Waals surface area contributed by atoms with E-state index in [9.17, 15) is 4.79 Å². The molecule has 3 rings (SSSR count). The van der Waals surface area contributed by atoms with Crippen molar-refractivity contribution in [3.63, 3.8) is 0 Å². The molecule has 27 heavy (non-hydrogen) atoms. The van der Waals surface area contributed by atoms with Crippen molar-refractivity contribution in [2.45, 2.75) is 72.4 Å². The number of rotatable bonds is 1. The number of hydrogen-bond donors (Lipinski definition) is 1. The zero-order valence-electron chi connectivity index (χ0n) is 17.5. The van der Waals surface area contributed by atoms with Crippen LogP contribution in [0.3, 0.4) is 0 Å². The van der Waals surface area contributed by atoms with Gasteiger partial charge in [0, 0.05) is 31.2 Å². The van der Waals surface area contributed by atoms with Gasteiger partial charge >= 0.3 is 6.09 Å². The molecule has 1 aliphatic heterocycles. The summed E-state index contributed by atoms with van der Waals surface area (Å²) in [5, 5.41) is 0. The summed E-state index contributed by atoms with van der Waals surface area (Å²) < 4.78 is 5.55. The van der Waals surface area contributed by atoms with E-state index in [4.69, 9.17) is 10.5 Å². The summed E-state index contributed by atoms with van der Waals surface area (Å²) in [7, 11) is 0. The van der Waals surface area contributed by atoms with Gasteiger partial charge in [-0.2, -0.15) is 4.98 Å². The number of aromatic nitrogens is 2. The third-order valence-corrected chi connectivity index (χ3v) is 5.34. The molecule has 0 bridgehead atoms. The molecule has 2 aliphatic rings. The van der Waals surface area contributed by atoms with Gasteiger partial charge in [-0.25, -0.2) is 9.78 Å². The molecule has 1 unspecified atom stereocenters. The van der Waals surface area contributed by atoms with E-state index in [1.165, 1.54) is 5.56 Å². The Labute approximate surface area is 162 Å². The van der Waals surface area contributed by atoms with Crippen molar-refractivity contribution in [3.8, 4) is 0 Å². The molecule has 7 nitrogen and oxygen atoms in total. The molecule has 150 valence electrons. The number of nitrogen functional groups attached to an aromatic ring is 1. The molecule has 1 amide bonds. The average molecular weight is 376 g/mol. The number of nitrogens with two attached hydrogens (primary N) is 1. The van der Waals surface area contributed by atoms with Crippen LogP contribution < -0.4 is 10.6 Å². The van der Waals surface area contributed by atoms with Crippen LogP contribution >= 0.6 is 0 Å². The van der Waals surface area contributed by atoms with E-state index in [2.05, 4.69) is 35.6 Å². The summed E-state index contributed by atoms with van der Waals surface area (Å²) in [6.07, 6.45) is 2.76. The molecular weight excluding hydrogens is 342 g/mol. The van der Waals surface area contributed by atoms with Crippen LogP contribution in [-0.2, 0) is 17.6 Å². The van der Waals surface area contributed by atoms with Gasteiger partial charge in [-0.1, -0.05) is 13.8 Å². The van der Waals surface area contributed by atoms with Crippen molar-refractivity contribution >= 4 is 17.9 Å². The molecule has 2 N–H and O–H groups in total. The minimum atomic E-state index is -0.486. The maximum atomic E-state index is 12.5. The molecule has 2 heterocycles. The first kappa shape index (κ1) is 19.7. The van der Waals surface area contributed by atoms with Crippen LogP contribution in [0.2, 0.25) is 0 Å². The van der Waals surface area contributed by atoms with Crippen LogP contribution in [0.25, 0.3) is 0 Å². The Morgan fingerprint density at radius 3 is 2.59 bits per heavy atom. The predicted molar refractivity (Wildman–Crippen MR) is 107 cm³/mol. The molecule has 1 fully saturated rings. The third kappa shape index (κ3) is 4.45. The lowest BCUT2D eigenvalue weighted by atomic mass is 9.76. The predicted octanol–water partition coefficient (Wildman–Crippen LogP) is 3.02. The van der Waals surface area contributed by atoms with Crippen LogP contribution in [0.5, 0.6) is 0 Å². The summed E-state index contributed by atoms with van der Waals surface area (Å²) in [4.78, 5) is 25.6. The Morgan fingerprint density at radius 1 is 1.26 bits per heavy atom. The van der Waals surface area contributed by atoms with Crippen molar-refractivity contribution in [1.82, 2.24) is 14.9 Å². The number of ether oxygens (including phenoxy) is 1. The number of nitrogens with zero attached hydrogens (tertiary/aromatic N) is 4. The number of amides is 1. The van der Waals surface area contributed by atoms with Crippen molar-refractivity contribution < 1.29 is 9.53 Å². The molecule has 0 aromatic carbocycles. The van der Waals surface area contributed by atoms with Gasteiger partial charge in [-0.05, 0) is 52.4 Å². The Bertz CT molecular complexity index is 726. The molecule has 1 aromatic rings. The normalized spacial score (nSPS) is 22.4. The lowest BCUT2D eigenvalue weighted by Gasteiger charge is -2.42. The number of carbonyl (C=O) groups excluding carboxylic acids is 1. The van der Waals surface area contributed by atoms with Crippen molar-refractivity contribution in [2.75, 3.05) is 30.3 Å². The van der Waals surface area contributed by atoms with Crippen LogP contribution in [0.15, 0.2) is 0 Å². The molecule has 7 heteroatoms. The summed E-state index contributed by atoms with van der Waals surface area (Å²) in [6.45, 7) is 14.3. The van der Waals surface area contributed by atoms with E-state index >= 15 is 0 Å². The number of anilines is 2. The zero-order chi connectivity index (χ0) is 20.0. The highest BCUT2D eigenvalue weighted by atomic mass is 16.6. The van der Waals surface area contributed by atoms with Gasteiger partial charge < -0.3 is 20.3 Å². The number of hydrogen-bond acceptors (Lipinski definition) is 6.